The molecule has 0 aliphatic heterocycles. The predicted octanol–water partition coefficient (Wildman–Crippen LogP) is 3.06. The summed E-state index contributed by atoms with van der Waals surface area (Å²) in [5, 5.41) is 0. The molecule has 0 bridgehead atoms. The molecule has 0 radical (unpaired) electrons. The van der Waals surface area contributed by atoms with Crippen LogP contribution >= 0.6 is 15.9 Å². The lowest BCUT2D eigenvalue weighted by atomic mass is 10.2. The van der Waals surface area contributed by atoms with Gasteiger partial charge in [0.25, 0.3) is 5.91 Å². The number of ether oxygens (including phenoxy) is 1. The third kappa shape index (κ3) is 4.80. The second-order valence-electron chi connectivity index (χ2n) is 4.75. The molecule has 22 heavy (non-hydrogen) atoms. The molecule has 0 fully saturated rings. The van der Waals surface area contributed by atoms with Crippen LogP contribution in [0.5, 0.6) is 5.75 Å². The number of likely N-dealkylation sites (N-methyl/N-ethyl adjacent to an activating group) is 1. The standard InChI is InChI=1S/C16H16BrFN2O2/c1-20(9-7-13-4-2-3-8-19-13)16(21)11-22-15-6-5-12(17)10-14(15)18/h2-6,8,10H,7,9,11H2,1H3. The van der Waals surface area contributed by atoms with E-state index in [9.17, 15) is 9.18 Å². The minimum absolute atomic E-state index is 0.0645. The minimum Gasteiger partial charge on any atom is -0.481 e. The molecule has 1 heterocycles. The summed E-state index contributed by atoms with van der Waals surface area (Å²) in [6.45, 7) is 0.333. The first-order valence-electron chi connectivity index (χ1n) is 6.78. The SMILES string of the molecule is CN(CCc1ccccn1)C(=O)COc1ccc(Br)cc1F. The topological polar surface area (TPSA) is 42.4 Å². The molecule has 1 aromatic carbocycles. The molecule has 0 unspecified atom stereocenters. The fourth-order valence-electron chi connectivity index (χ4n) is 1.79. The highest BCUT2D eigenvalue weighted by Gasteiger charge is 2.11. The van der Waals surface area contributed by atoms with E-state index in [1.54, 1.807) is 24.2 Å². The van der Waals surface area contributed by atoms with Crippen LogP contribution < -0.4 is 4.74 Å². The van der Waals surface area contributed by atoms with Crippen molar-refractivity contribution in [2.45, 2.75) is 6.42 Å². The lowest BCUT2D eigenvalue weighted by Crippen LogP contribution is -2.33. The van der Waals surface area contributed by atoms with Crippen molar-refractivity contribution in [1.82, 2.24) is 9.88 Å². The smallest absolute Gasteiger partial charge is 0.260 e. The van der Waals surface area contributed by atoms with Crippen molar-refractivity contribution in [2.24, 2.45) is 0 Å². The fourth-order valence-corrected chi connectivity index (χ4v) is 2.13. The Morgan fingerprint density at radius 3 is 2.86 bits per heavy atom. The average molecular weight is 367 g/mol. The first-order chi connectivity index (χ1) is 10.6. The van der Waals surface area contributed by atoms with E-state index in [0.717, 1.165) is 5.69 Å². The number of halogens is 2. The van der Waals surface area contributed by atoms with Crippen molar-refractivity contribution < 1.29 is 13.9 Å². The summed E-state index contributed by atoms with van der Waals surface area (Å²) >= 11 is 3.17. The van der Waals surface area contributed by atoms with Crippen LogP contribution in [0.25, 0.3) is 0 Å². The van der Waals surface area contributed by atoms with E-state index in [4.69, 9.17) is 4.74 Å². The average Bonchev–Trinajstić information content (AvgIpc) is 2.52. The maximum Gasteiger partial charge on any atom is 0.260 e. The summed E-state index contributed by atoms with van der Waals surface area (Å²) in [6.07, 6.45) is 2.38. The van der Waals surface area contributed by atoms with Crippen LogP contribution in [0.4, 0.5) is 4.39 Å². The summed E-state index contributed by atoms with van der Waals surface area (Å²) in [5.74, 6) is -0.647. The van der Waals surface area contributed by atoms with Gasteiger partial charge >= 0.3 is 0 Å². The summed E-state index contributed by atoms with van der Waals surface area (Å²) in [6, 6.07) is 10.1. The van der Waals surface area contributed by atoms with E-state index < -0.39 is 5.82 Å². The summed E-state index contributed by atoms with van der Waals surface area (Å²) in [7, 11) is 1.69. The van der Waals surface area contributed by atoms with Crippen molar-refractivity contribution in [3.8, 4) is 5.75 Å². The molecule has 4 nitrogen and oxygen atoms in total. The highest BCUT2D eigenvalue weighted by atomic mass is 79.9. The summed E-state index contributed by atoms with van der Waals surface area (Å²) in [5.41, 5.74) is 0.919. The van der Waals surface area contributed by atoms with E-state index in [1.807, 2.05) is 18.2 Å². The van der Waals surface area contributed by atoms with Crippen molar-refractivity contribution in [1.29, 1.82) is 0 Å². The van der Waals surface area contributed by atoms with E-state index in [-0.39, 0.29) is 18.3 Å². The highest BCUT2D eigenvalue weighted by Crippen LogP contribution is 2.21. The first-order valence-corrected chi connectivity index (χ1v) is 7.57. The van der Waals surface area contributed by atoms with Crippen LogP contribution in [0.15, 0.2) is 47.1 Å². The molecular formula is C16H16BrFN2O2. The number of carbonyl (C=O) groups excluding carboxylic acids is 1. The molecule has 0 saturated carbocycles. The summed E-state index contributed by atoms with van der Waals surface area (Å²) in [4.78, 5) is 17.7. The van der Waals surface area contributed by atoms with E-state index in [1.165, 1.54) is 12.1 Å². The van der Waals surface area contributed by atoms with E-state index in [2.05, 4.69) is 20.9 Å². The van der Waals surface area contributed by atoms with Gasteiger partial charge in [0, 0.05) is 36.4 Å². The van der Waals surface area contributed by atoms with Crippen LogP contribution in [0, 0.1) is 5.82 Å². The third-order valence-electron chi connectivity index (χ3n) is 3.10. The fraction of sp³-hybridized carbons (Fsp3) is 0.250. The molecule has 0 saturated heterocycles. The minimum atomic E-state index is -0.502. The normalized spacial score (nSPS) is 10.3. The van der Waals surface area contributed by atoms with Crippen LogP contribution in [-0.4, -0.2) is 36.0 Å². The molecule has 6 heteroatoms. The van der Waals surface area contributed by atoms with Gasteiger partial charge in [-0.3, -0.25) is 9.78 Å². The zero-order valence-corrected chi connectivity index (χ0v) is 13.7. The van der Waals surface area contributed by atoms with Gasteiger partial charge in [0.15, 0.2) is 18.2 Å². The largest absolute Gasteiger partial charge is 0.481 e. The monoisotopic (exact) mass is 366 g/mol. The number of pyridine rings is 1. The molecule has 0 atom stereocenters. The molecule has 2 rings (SSSR count). The molecule has 1 aromatic heterocycles. The van der Waals surface area contributed by atoms with E-state index in [0.29, 0.717) is 17.4 Å². The Morgan fingerprint density at radius 2 is 2.18 bits per heavy atom. The second kappa shape index (κ2) is 7.89. The number of benzene rings is 1. The van der Waals surface area contributed by atoms with Crippen LogP contribution in [0.3, 0.4) is 0 Å². The molecule has 116 valence electrons. The number of hydrogen-bond acceptors (Lipinski definition) is 3. The predicted molar refractivity (Wildman–Crippen MR) is 85.2 cm³/mol. The Balaban J connectivity index is 1.81. The Kier molecular flexibility index (Phi) is 5.89. The molecule has 0 N–H and O–H groups in total. The maximum absolute atomic E-state index is 13.6. The van der Waals surface area contributed by atoms with Gasteiger partial charge < -0.3 is 9.64 Å². The molecular weight excluding hydrogens is 351 g/mol. The number of hydrogen-bond donors (Lipinski definition) is 0. The van der Waals surface area contributed by atoms with Gasteiger partial charge in [-0.15, -0.1) is 0 Å². The number of aromatic nitrogens is 1. The first kappa shape index (κ1) is 16.4. The summed E-state index contributed by atoms with van der Waals surface area (Å²) < 4.78 is 19.4. The Bertz CT molecular complexity index is 637. The van der Waals surface area contributed by atoms with Crippen LogP contribution in [0.1, 0.15) is 5.69 Å². The second-order valence-corrected chi connectivity index (χ2v) is 5.67. The Labute approximate surface area is 137 Å². The molecule has 2 aromatic rings. The number of carbonyl (C=O) groups is 1. The van der Waals surface area contributed by atoms with Crippen molar-refractivity contribution >= 4 is 21.8 Å². The van der Waals surface area contributed by atoms with Gasteiger partial charge in [-0.25, -0.2) is 4.39 Å². The zero-order valence-electron chi connectivity index (χ0n) is 12.1. The Morgan fingerprint density at radius 1 is 1.36 bits per heavy atom. The molecule has 0 aliphatic rings. The number of nitrogens with zero attached hydrogens (tertiary/aromatic N) is 2. The van der Waals surface area contributed by atoms with Gasteiger partial charge in [-0.1, -0.05) is 22.0 Å². The van der Waals surface area contributed by atoms with Gasteiger partial charge in [0.05, 0.1) is 0 Å². The Hall–Kier alpha value is -1.95. The van der Waals surface area contributed by atoms with Gasteiger partial charge in [0.2, 0.25) is 0 Å². The van der Waals surface area contributed by atoms with E-state index >= 15 is 0 Å². The van der Waals surface area contributed by atoms with Gasteiger partial charge in [0.1, 0.15) is 0 Å². The molecule has 0 spiro atoms. The quantitative estimate of drug-likeness (QED) is 0.788. The van der Waals surface area contributed by atoms with Crippen LogP contribution in [0.2, 0.25) is 0 Å². The lowest BCUT2D eigenvalue weighted by molar-refractivity contribution is -0.132. The van der Waals surface area contributed by atoms with Crippen molar-refractivity contribution in [2.75, 3.05) is 20.2 Å². The van der Waals surface area contributed by atoms with Gasteiger partial charge in [-0.2, -0.15) is 0 Å². The van der Waals surface area contributed by atoms with Crippen molar-refractivity contribution in [3.63, 3.8) is 0 Å². The molecule has 0 aliphatic carbocycles. The third-order valence-corrected chi connectivity index (χ3v) is 3.59. The van der Waals surface area contributed by atoms with Gasteiger partial charge in [-0.05, 0) is 30.3 Å². The van der Waals surface area contributed by atoms with Crippen LogP contribution in [-0.2, 0) is 11.2 Å². The number of amides is 1. The lowest BCUT2D eigenvalue weighted by Gasteiger charge is -2.17. The highest BCUT2D eigenvalue weighted by molar-refractivity contribution is 9.10. The molecule has 1 amide bonds. The van der Waals surface area contributed by atoms with Crippen molar-refractivity contribution in [3.05, 3.63) is 58.6 Å². The zero-order chi connectivity index (χ0) is 15.9. The maximum atomic E-state index is 13.6. The number of rotatable bonds is 6.